The molecule has 1 aliphatic heterocycles. The number of carbonyl (C=O) groups is 1. The van der Waals surface area contributed by atoms with Gasteiger partial charge in [0.15, 0.2) is 0 Å². The molecular weight excluding hydrogens is 308 g/mol. The van der Waals surface area contributed by atoms with E-state index in [2.05, 4.69) is 32.2 Å². The van der Waals surface area contributed by atoms with E-state index in [9.17, 15) is 4.79 Å². The minimum Gasteiger partial charge on any atom is -0.497 e. The number of piperidine rings is 1. The molecule has 5 heteroatoms. The summed E-state index contributed by atoms with van der Waals surface area (Å²) < 4.78 is 5.39. The van der Waals surface area contributed by atoms with E-state index in [1.54, 1.807) is 18.9 Å². The standard InChI is InChI=1S/C18H28N2O2S/c1-18(2,3)23-13-17(21)20-10-8-14(9-11-20)19-15-6-5-7-16(12-15)22-4/h5-7,12,14,19H,8-11,13H2,1-4H3. The van der Waals surface area contributed by atoms with Crippen LogP contribution < -0.4 is 10.1 Å². The van der Waals surface area contributed by atoms with Crippen LogP contribution >= 0.6 is 11.8 Å². The molecule has 1 N–H and O–H groups in total. The number of nitrogens with one attached hydrogen (secondary N) is 1. The molecule has 0 unspecified atom stereocenters. The van der Waals surface area contributed by atoms with Crippen LogP contribution in [0, 0.1) is 0 Å². The van der Waals surface area contributed by atoms with Gasteiger partial charge >= 0.3 is 0 Å². The minimum atomic E-state index is 0.141. The van der Waals surface area contributed by atoms with E-state index in [4.69, 9.17) is 4.74 Å². The van der Waals surface area contributed by atoms with Gasteiger partial charge in [-0.2, -0.15) is 0 Å². The Morgan fingerprint density at radius 1 is 1.35 bits per heavy atom. The summed E-state index contributed by atoms with van der Waals surface area (Å²) in [6, 6.07) is 8.42. The van der Waals surface area contributed by atoms with Crippen LogP contribution in [0.25, 0.3) is 0 Å². The highest BCUT2D eigenvalue weighted by molar-refractivity contribution is 8.01. The van der Waals surface area contributed by atoms with Crippen LogP contribution in [-0.2, 0) is 4.79 Å². The average Bonchev–Trinajstić information content (AvgIpc) is 2.53. The number of anilines is 1. The molecule has 0 saturated carbocycles. The number of hydrogen-bond donors (Lipinski definition) is 1. The van der Waals surface area contributed by atoms with E-state index in [1.807, 2.05) is 23.1 Å². The zero-order valence-electron chi connectivity index (χ0n) is 14.6. The van der Waals surface area contributed by atoms with Crippen LogP contribution in [0.4, 0.5) is 5.69 Å². The van der Waals surface area contributed by atoms with E-state index >= 15 is 0 Å². The quantitative estimate of drug-likeness (QED) is 0.891. The Bertz CT molecular complexity index is 520. The van der Waals surface area contributed by atoms with Gasteiger partial charge in [0, 0.05) is 35.6 Å². The van der Waals surface area contributed by atoms with Crippen molar-refractivity contribution < 1.29 is 9.53 Å². The van der Waals surface area contributed by atoms with Crippen molar-refractivity contribution in [2.24, 2.45) is 0 Å². The van der Waals surface area contributed by atoms with Gasteiger partial charge < -0.3 is 15.0 Å². The molecule has 0 spiro atoms. The summed E-state index contributed by atoms with van der Waals surface area (Å²) in [5, 5.41) is 3.55. The van der Waals surface area contributed by atoms with Crippen molar-refractivity contribution in [3.05, 3.63) is 24.3 Å². The highest BCUT2D eigenvalue weighted by Crippen LogP contribution is 2.25. The number of benzene rings is 1. The predicted molar refractivity (Wildman–Crippen MR) is 98.4 cm³/mol. The number of nitrogens with zero attached hydrogens (tertiary/aromatic N) is 1. The van der Waals surface area contributed by atoms with Crippen LogP contribution in [0.1, 0.15) is 33.6 Å². The van der Waals surface area contributed by atoms with Gasteiger partial charge in [0.1, 0.15) is 5.75 Å². The van der Waals surface area contributed by atoms with E-state index < -0.39 is 0 Å². The van der Waals surface area contributed by atoms with Gasteiger partial charge in [0.2, 0.25) is 5.91 Å². The molecule has 0 aromatic heterocycles. The fourth-order valence-electron chi connectivity index (χ4n) is 2.59. The third kappa shape index (κ3) is 5.98. The number of rotatable bonds is 5. The first-order valence-electron chi connectivity index (χ1n) is 8.20. The Kier molecular flexibility index (Phi) is 6.22. The number of carbonyl (C=O) groups excluding carboxylic acids is 1. The first kappa shape index (κ1) is 18.0. The molecule has 0 bridgehead atoms. The normalized spacial score (nSPS) is 16.3. The molecule has 1 aliphatic rings. The molecule has 0 atom stereocenters. The zero-order valence-corrected chi connectivity index (χ0v) is 15.4. The van der Waals surface area contributed by atoms with Crippen molar-refractivity contribution >= 4 is 23.4 Å². The molecule has 0 radical (unpaired) electrons. The fraction of sp³-hybridized carbons (Fsp3) is 0.611. The van der Waals surface area contributed by atoms with Gasteiger partial charge in [-0.15, -0.1) is 11.8 Å². The van der Waals surface area contributed by atoms with E-state index in [0.29, 0.717) is 11.8 Å². The average molecular weight is 337 g/mol. The predicted octanol–water partition coefficient (Wildman–Crippen LogP) is 3.63. The molecule has 1 heterocycles. The summed E-state index contributed by atoms with van der Waals surface area (Å²) >= 11 is 1.72. The third-order valence-corrected chi connectivity index (χ3v) is 5.17. The van der Waals surface area contributed by atoms with Crippen molar-refractivity contribution in [2.75, 3.05) is 31.3 Å². The van der Waals surface area contributed by atoms with Crippen LogP contribution in [0.2, 0.25) is 0 Å². The van der Waals surface area contributed by atoms with Crippen molar-refractivity contribution in [2.45, 2.75) is 44.4 Å². The van der Waals surface area contributed by atoms with Crippen LogP contribution in [0.5, 0.6) is 5.75 Å². The Labute approximate surface area is 144 Å². The minimum absolute atomic E-state index is 0.141. The lowest BCUT2D eigenvalue weighted by molar-refractivity contribution is -0.129. The molecule has 1 fully saturated rings. The van der Waals surface area contributed by atoms with Crippen LogP contribution in [0.3, 0.4) is 0 Å². The summed E-state index contributed by atoms with van der Waals surface area (Å²) in [6.45, 7) is 8.12. The maximum absolute atomic E-state index is 12.3. The lowest BCUT2D eigenvalue weighted by Gasteiger charge is -2.33. The van der Waals surface area contributed by atoms with Crippen molar-refractivity contribution in [3.63, 3.8) is 0 Å². The highest BCUT2D eigenvalue weighted by Gasteiger charge is 2.24. The molecular formula is C18H28N2O2S. The number of thioether (sulfide) groups is 1. The van der Waals surface area contributed by atoms with Crippen LogP contribution in [0.15, 0.2) is 24.3 Å². The second-order valence-electron chi connectivity index (χ2n) is 6.93. The molecule has 4 nitrogen and oxygen atoms in total. The number of amides is 1. The largest absolute Gasteiger partial charge is 0.497 e. The second kappa shape index (κ2) is 7.95. The van der Waals surface area contributed by atoms with Crippen LogP contribution in [-0.4, -0.2) is 47.5 Å². The lowest BCUT2D eigenvalue weighted by atomic mass is 10.0. The molecule has 1 saturated heterocycles. The van der Waals surface area contributed by atoms with Gasteiger partial charge in [0.05, 0.1) is 12.9 Å². The summed E-state index contributed by atoms with van der Waals surface area (Å²) in [4.78, 5) is 14.3. The smallest absolute Gasteiger partial charge is 0.232 e. The van der Waals surface area contributed by atoms with Crippen molar-refractivity contribution in [1.29, 1.82) is 0 Å². The molecule has 23 heavy (non-hydrogen) atoms. The summed E-state index contributed by atoms with van der Waals surface area (Å²) in [7, 11) is 1.68. The Morgan fingerprint density at radius 2 is 2.04 bits per heavy atom. The number of hydrogen-bond acceptors (Lipinski definition) is 4. The lowest BCUT2D eigenvalue weighted by Crippen LogP contribution is -2.43. The molecule has 1 aromatic carbocycles. The summed E-state index contributed by atoms with van der Waals surface area (Å²) in [5.74, 6) is 1.71. The zero-order chi connectivity index (χ0) is 16.9. The van der Waals surface area contributed by atoms with Gasteiger partial charge in [-0.1, -0.05) is 26.8 Å². The molecule has 128 valence electrons. The fourth-order valence-corrected chi connectivity index (χ4v) is 3.33. The van der Waals surface area contributed by atoms with Crippen molar-refractivity contribution in [3.8, 4) is 5.75 Å². The second-order valence-corrected chi connectivity index (χ2v) is 8.73. The van der Waals surface area contributed by atoms with Crippen molar-refractivity contribution in [1.82, 2.24) is 4.90 Å². The first-order chi connectivity index (χ1) is 10.9. The van der Waals surface area contributed by atoms with Gasteiger partial charge in [0.25, 0.3) is 0 Å². The molecule has 1 amide bonds. The number of ether oxygens (including phenoxy) is 1. The van der Waals surface area contributed by atoms with Gasteiger partial charge in [-0.3, -0.25) is 4.79 Å². The summed E-state index contributed by atoms with van der Waals surface area (Å²) in [5.41, 5.74) is 1.08. The van der Waals surface area contributed by atoms with Gasteiger partial charge in [-0.25, -0.2) is 0 Å². The molecule has 1 aromatic rings. The van der Waals surface area contributed by atoms with Gasteiger partial charge in [-0.05, 0) is 25.0 Å². The highest BCUT2D eigenvalue weighted by atomic mass is 32.2. The van der Waals surface area contributed by atoms with E-state index in [0.717, 1.165) is 37.4 Å². The molecule has 2 rings (SSSR count). The maximum atomic E-state index is 12.3. The SMILES string of the molecule is COc1cccc(NC2CCN(C(=O)CSC(C)(C)C)CC2)c1. The summed E-state index contributed by atoms with van der Waals surface area (Å²) in [6.07, 6.45) is 1.98. The Balaban J connectivity index is 1.78. The molecule has 0 aliphatic carbocycles. The third-order valence-electron chi connectivity index (χ3n) is 3.92. The van der Waals surface area contributed by atoms with E-state index in [-0.39, 0.29) is 10.7 Å². The monoisotopic (exact) mass is 336 g/mol. The maximum Gasteiger partial charge on any atom is 0.232 e. The number of methoxy groups -OCH3 is 1. The van der Waals surface area contributed by atoms with E-state index in [1.165, 1.54) is 0 Å². The Hall–Kier alpha value is -1.36. The topological polar surface area (TPSA) is 41.6 Å². The first-order valence-corrected chi connectivity index (χ1v) is 9.18. The Morgan fingerprint density at radius 3 is 2.65 bits per heavy atom. The number of likely N-dealkylation sites (tertiary alicyclic amines) is 1.